The Morgan fingerprint density at radius 2 is 1.81 bits per heavy atom. The summed E-state index contributed by atoms with van der Waals surface area (Å²) in [6, 6.07) is 9.49. The van der Waals surface area contributed by atoms with Gasteiger partial charge in [0.2, 0.25) is 0 Å². The Morgan fingerprint density at radius 1 is 1.11 bits per heavy atom. The van der Waals surface area contributed by atoms with Crippen molar-refractivity contribution in [3.63, 3.8) is 0 Å². The Kier molecular flexibility index (Phi) is 4.91. The molecular weight excluding hydrogens is 345 g/mol. The number of pyridine rings is 1. The Balaban J connectivity index is 1.33. The molecule has 138 valence electrons. The number of carbonyl (C=O) groups is 1. The number of nitrogens with one attached hydrogen (secondary N) is 1. The van der Waals surface area contributed by atoms with E-state index >= 15 is 0 Å². The third-order valence-electron chi connectivity index (χ3n) is 4.95. The molecule has 0 saturated carbocycles. The average Bonchev–Trinajstić information content (AvgIpc) is 3.18. The van der Waals surface area contributed by atoms with Gasteiger partial charge in [0.25, 0.3) is 5.91 Å². The van der Waals surface area contributed by atoms with Gasteiger partial charge in [-0.2, -0.15) is 5.10 Å². The van der Waals surface area contributed by atoms with Crippen LogP contribution in [-0.2, 0) is 6.42 Å². The van der Waals surface area contributed by atoms with Crippen molar-refractivity contribution in [2.45, 2.75) is 19.3 Å². The van der Waals surface area contributed by atoms with Gasteiger partial charge in [-0.3, -0.25) is 14.9 Å². The van der Waals surface area contributed by atoms with Crippen molar-refractivity contribution in [1.82, 2.24) is 25.1 Å². The van der Waals surface area contributed by atoms with Gasteiger partial charge in [-0.25, -0.2) is 9.37 Å². The van der Waals surface area contributed by atoms with E-state index in [1.54, 1.807) is 24.5 Å². The number of carbonyl (C=O) groups excluding carboxylic acids is 1. The molecule has 1 N–H and O–H groups in total. The summed E-state index contributed by atoms with van der Waals surface area (Å²) in [5.74, 6) is 1.64. The van der Waals surface area contributed by atoms with Gasteiger partial charge in [0.05, 0.1) is 0 Å². The van der Waals surface area contributed by atoms with Crippen molar-refractivity contribution in [1.29, 1.82) is 0 Å². The third kappa shape index (κ3) is 4.02. The van der Waals surface area contributed by atoms with Gasteiger partial charge in [-0.1, -0.05) is 0 Å². The number of hydrogen-bond donors (Lipinski definition) is 1. The first-order valence-electron chi connectivity index (χ1n) is 9.05. The molecule has 0 spiro atoms. The Hall–Kier alpha value is -3.09. The normalized spacial score (nSPS) is 15.1. The lowest BCUT2D eigenvalue weighted by Gasteiger charge is -2.31. The molecule has 2 aromatic heterocycles. The number of rotatable bonds is 4. The van der Waals surface area contributed by atoms with Crippen molar-refractivity contribution in [2.75, 3.05) is 13.1 Å². The molecule has 0 bridgehead atoms. The zero-order valence-corrected chi connectivity index (χ0v) is 14.8. The summed E-state index contributed by atoms with van der Waals surface area (Å²) in [7, 11) is 0. The predicted molar refractivity (Wildman–Crippen MR) is 98.3 cm³/mol. The van der Waals surface area contributed by atoms with Gasteiger partial charge in [-0.15, -0.1) is 0 Å². The molecule has 0 aliphatic carbocycles. The maximum atomic E-state index is 13.0. The summed E-state index contributed by atoms with van der Waals surface area (Å²) < 4.78 is 13.0. The van der Waals surface area contributed by atoms with Crippen molar-refractivity contribution in [3.8, 4) is 11.4 Å². The lowest BCUT2D eigenvalue weighted by molar-refractivity contribution is 0.0690. The first kappa shape index (κ1) is 17.3. The molecule has 0 unspecified atom stereocenters. The summed E-state index contributed by atoms with van der Waals surface area (Å²) in [6.07, 6.45) is 6.09. The second-order valence-electron chi connectivity index (χ2n) is 6.79. The quantitative estimate of drug-likeness (QED) is 0.771. The number of amides is 1. The average molecular weight is 365 g/mol. The van der Waals surface area contributed by atoms with E-state index in [4.69, 9.17) is 0 Å². The molecule has 3 aromatic rings. The van der Waals surface area contributed by atoms with Crippen LogP contribution < -0.4 is 0 Å². The van der Waals surface area contributed by atoms with Crippen molar-refractivity contribution >= 4 is 5.91 Å². The molecule has 1 aromatic carbocycles. The minimum atomic E-state index is -0.330. The SMILES string of the molecule is O=C(c1ccc(F)cc1)N1CCC(Cc2nc(-c3ccncc3)n[nH]2)CC1. The van der Waals surface area contributed by atoms with Gasteiger partial charge < -0.3 is 4.90 Å². The van der Waals surface area contributed by atoms with E-state index in [-0.39, 0.29) is 11.7 Å². The molecule has 4 rings (SSSR count). The Morgan fingerprint density at radius 3 is 2.52 bits per heavy atom. The zero-order valence-electron chi connectivity index (χ0n) is 14.8. The summed E-state index contributed by atoms with van der Waals surface area (Å²) in [5, 5.41) is 7.30. The van der Waals surface area contributed by atoms with Gasteiger partial charge >= 0.3 is 0 Å². The maximum Gasteiger partial charge on any atom is 0.253 e. The molecule has 0 radical (unpaired) electrons. The fraction of sp³-hybridized carbons (Fsp3) is 0.300. The van der Waals surface area contributed by atoms with E-state index in [9.17, 15) is 9.18 Å². The standard InChI is InChI=1S/C20H20FN5O/c21-17-3-1-16(2-4-17)20(27)26-11-7-14(8-12-26)13-18-23-19(25-24-18)15-5-9-22-10-6-15/h1-6,9-10,14H,7-8,11-13H2,(H,23,24,25). The molecule has 1 aliphatic heterocycles. The Bertz CT molecular complexity index is 902. The molecular formula is C20H20FN5O. The molecule has 1 saturated heterocycles. The van der Waals surface area contributed by atoms with Crippen molar-refractivity contribution in [3.05, 3.63) is 66.0 Å². The molecule has 1 amide bonds. The van der Waals surface area contributed by atoms with Crippen LogP contribution in [0.4, 0.5) is 4.39 Å². The van der Waals surface area contributed by atoms with Gasteiger partial charge in [-0.05, 0) is 55.2 Å². The highest BCUT2D eigenvalue weighted by Gasteiger charge is 2.24. The monoisotopic (exact) mass is 365 g/mol. The number of nitrogens with zero attached hydrogens (tertiary/aromatic N) is 4. The largest absolute Gasteiger partial charge is 0.339 e. The Labute approximate surface area is 156 Å². The van der Waals surface area contributed by atoms with Crippen molar-refractivity contribution in [2.24, 2.45) is 5.92 Å². The number of aromatic nitrogens is 4. The molecule has 27 heavy (non-hydrogen) atoms. The van der Waals surface area contributed by atoms with Crippen LogP contribution in [0.25, 0.3) is 11.4 Å². The van der Waals surface area contributed by atoms with Crippen LogP contribution in [0.15, 0.2) is 48.8 Å². The molecule has 6 nitrogen and oxygen atoms in total. The number of aromatic amines is 1. The number of hydrogen-bond acceptors (Lipinski definition) is 4. The number of H-pyrrole nitrogens is 1. The molecule has 3 heterocycles. The van der Waals surface area contributed by atoms with Crippen molar-refractivity contribution < 1.29 is 9.18 Å². The fourth-order valence-electron chi connectivity index (χ4n) is 3.41. The van der Waals surface area contributed by atoms with E-state index < -0.39 is 0 Å². The summed E-state index contributed by atoms with van der Waals surface area (Å²) in [5.41, 5.74) is 1.47. The summed E-state index contributed by atoms with van der Waals surface area (Å²) in [6.45, 7) is 1.40. The van der Waals surface area contributed by atoms with Gasteiger partial charge in [0.15, 0.2) is 5.82 Å². The lowest BCUT2D eigenvalue weighted by Crippen LogP contribution is -2.39. The minimum Gasteiger partial charge on any atom is -0.339 e. The summed E-state index contributed by atoms with van der Waals surface area (Å²) >= 11 is 0. The molecule has 1 fully saturated rings. The first-order chi connectivity index (χ1) is 13.2. The summed E-state index contributed by atoms with van der Waals surface area (Å²) in [4.78, 5) is 22.9. The van der Waals surface area contributed by atoms with E-state index in [1.807, 2.05) is 17.0 Å². The minimum absolute atomic E-state index is 0.0342. The smallest absolute Gasteiger partial charge is 0.253 e. The van der Waals surface area contributed by atoms with Gasteiger partial charge in [0.1, 0.15) is 11.6 Å². The number of halogens is 1. The van der Waals surface area contributed by atoms with Crippen LogP contribution in [0.1, 0.15) is 29.0 Å². The molecule has 0 atom stereocenters. The van der Waals surface area contributed by atoms with E-state index in [2.05, 4.69) is 20.2 Å². The van der Waals surface area contributed by atoms with Crippen LogP contribution in [-0.4, -0.2) is 44.1 Å². The highest BCUT2D eigenvalue weighted by Crippen LogP contribution is 2.23. The molecule has 1 aliphatic rings. The molecule has 7 heteroatoms. The highest BCUT2D eigenvalue weighted by atomic mass is 19.1. The fourth-order valence-corrected chi connectivity index (χ4v) is 3.41. The van der Waals surface area contributed by atoms with Crippen LogP contribution >= 0.6 is 0 Å². The number of benzene rings is 1. The first-order valence-corrected chi connectivity index (χ1v) is 9.05. The van der Waals surface area contributed by atoms with E-state index in [0.29, 0.717) is 30.4 Å². The highest BCUT2D eigenvalue weighted by molar-refractivity contribution is 5.94. The third-order valence-corrected chi connectivity index (χ3v) is 4.95. The van der Waals surface area contributed by atoms with Crippen LogP contribution in [0.3, 0.4) is 0 Å². The zero-order chi connectivity index (χ0) is 18.6. The topological polar surface area (TPSA) is 74.8 Å². The van der Waals surface area contributed by atoms with E-state index in [1.165, 1.54) is 12.1 Å². The maximum absolute atomic E-state index is 13.0. The van der Waals surface area contributed by atoms with Crippen LogP contribution in [0.5, 0.6) is 0 Å². The van der Waals surface area contributed by atoms with Crippen LogP contribution in [0, 0.1) is 11.7 Å². The second kappa shape index (κ2) is 7.65. The van der Waals surface area contributed by atoms with E-state index in [0.717, 1.165) is 30.7 Å². The number of likely N-dealkylation sites (tertiary alicyclic amines) is 1. The number of piperidine rings is 1. The lowest BCUT2D eigenvalue weighted by atomic mass is 9.93. The van der Waals surface area contributed by atoms with Gasteiger partial charge in [0, 0.05) is 43.0 Å². The van der Waals surface area contributed by atoms with Crippen LogP contribution in [0.2, 0.25) is 0 Å². The second-order valence-corrected chi connectivity index (χ2v) is 6.79. The predicted octanol–water partition coefficient (Wildman–Crippen LogP) is 3.10.